The van der Waals surface area contributed by atoms with E-state index in [0.29, 0.717) is 18.7 Å². The molecule has 6 nitrogen and oxygen atoms in total. The van der Waals surface area contributed by atoms with Gasteiger partial charge in [0.25, 0.3) is 5.91 Å². The number of aryl methyl sites for hydroxylation is 1. The van der Waals surface area contributed by atoms with Crippen LogP contribution in [0.2, 0.25) is 0 Å². The third kappa shape index (κ3) is 4.14. The highest BCUT2D eigenvalue weighted by molar-refractivity contribution is 6.02. The molecule has 35 heavy (non-hydrogen) atoms. The summed E-state index contributed by atoms with van der Waals surface area (Å²) < 4.78 is 7.50. The third-order valence-corrected chi connectivity index (χ3v) is 7.96. The number of likely N-dealkylation sites (N-methyl/N-ethyl adjacent to an activating group) is 1. The molecule has 2 aliphatic rings. The number of para-hydroxylation sites is 1. The molecule has 184 valence electrons. The summed E-state index contributed by atoms with van der Waals surface area (Å²) in [4.78, 5) is 32.0. The number of fused-ring (bicyclic) bond motifs is 2. The van der Waals surface area contributed by atoms with Gasteiger partial charge in [-0.1, -0.05) is 55.7 Å². The van der Waals surface area contributed by atoms with Gasteiger partial charge in [-0.25, -0.2) is 0 Å². The zero-order chi connectivity index (χ0) is 24.5. The molecule has 1 aliphatic carbocycles. The second-order valence-corrected chi connectivity index (χ2v) is 9.95. The molecule has 5 rings (SSSR count). The number of benzene rings is 2. The zero-order valence-electron chi connectivity index (χ0n) is 20.9. The first-order chi connectivity index (χ1) is 17.0. The number of rotatable bonds is 6. The van der Waals surface area contributed by atoms with E-state index in [4.69, 9.17) is 4.74 Å². The standard InChI is InChI=1S/C29H35N3O3/c1-30-19-24(21-13-9-10-16-25(21)30)27-26(29(34)31(2)20-11-5-4-6-12-20)22-14-7-8-15-23(22)28(33)32(27)17-18-35-3/h7-10,13-16,19-20,26-27H,4-6,11-12,17-18H2,1-3H3. The van der Waals surface area contributed by atoms with Gasteiger partial charge in [0, 0.05) is 62.0 Å². The van der Waals surface area contributed by atoms with E-state index in [-0.39, 0.29) is 17.9 Å². The average molecular weight is 474 g/mol. The van der Waals surface area contributed by atoms with Gasteiger partial charge in [0.1, 0.15) is 0 Å². The van der Waals surface area contributed by atoms with E-state index in [1.165, 1.54) is 6.42 Å². The largest absolute Gasteiger partial charge is 0.383 e. The Labute approximate surface area is 207 Å². The molecule has 0 spiro atoms. The summed E-state index contributed by atoms with van der Waals surface area (Å²) >= 11 is 0. The smallest absolute Gasteiger partial charge is 0.254 e. The fourth-order valence-electron chi connectivity index (χ4n) is 6.12. The Morgan fingerprint density at radius 2 is 1.74 bits per heavy atom. The summed E-state index contributed by atoms with van der Waals surface area (Å²) in [7, 11) is 5.63. The summed E-state index contributed by atoms with van der Waals surface area (Å²) in [6, 6.07) is 15.7. The monoisotopic (exact) mass is 473 g/mol. The Balaban J connectivity index is 1.68. The van der Waals surface area contributed by atoms with Gasteiger partial charge in [-0.15, -0.1) is 0 Å². The van der Waals surface area contributed by atoms with Crippen LogP contribution in [0, 0.1) is 0 Å². The zero-order valence-corrected chi connectivity index (χ0v) is 20.9. The number of carbonyl (C=O) groups excluding carboxylic acids is 2. The van der Waals surface area contributed by atoms with E-state index in [2.05, 4.69) is 22.9 Å². The average Bonchev–Trinajstić information content (AvgIpc) is 3.24. The summed E-state index contributed by atoms with van der Waals surface area (Å²) in [5.74, 6) is -0.421. The van der Waals surface area contributed by atoms with Crippen LogP contribution in [0.5, 0.6) is 0 Å². The minimum Gasteiger partial charge on any atom is -0.383 e. The van der Waals surface area contributed by atoms with Crippen molar-refractivity contribution in [1.29, 1.82) is 0 Å². The number of hydrogen-bond acceptors (Lipinski definition) is 3. The van der Waals surface area contributed by atoms with Crippen molar-refractivity contribution in [2.45, 2.75) is 50.1 Å². The molecule has 2 atom stereocenters. The number of carbonyl (C=O) groups is 2. The lowest BCUT2D eigenvalue weighted by Gasteiger charge is -2.44. The Bertz CT molecular complexity index is 1230. The van der Waals surface area contributed by atoms with Crippen LogP contribution in [0.3, 0.4) is 0 Å². The predicted molar refractivity (Wildman–Crippen MR) is 137 cm³/mol. The van der Waals surface area contributed by atoms with Gasteiger partial charge in [-0.05, 0) is 30.5 Å². The van der Waals surface area contributed by atoms with Crippen LogP contribution in [0.25, 0.3) is 10.9 Å². The maximum Gasteiger partial charge on any atom is 0.254 e. The SMILES string of the molecule is COCCN1C(=O)c2ccccc2C(C(=O)N(C)C2CCCCC2)C1c1cn(C)c2ccccc12. The molecule has 2 unspecified atom stereocenters. The van der Waals surface area contributed by atoms with E-state index in [9.17, 15) is 9.59 Å². The molecule has 1 aromatic heterocycles. The highest BCUT2D eigenvalue weighted by Gasteiger charge is 2.46. The molecule has 1 fully saturated rings. The minimum absolute atomic E-state index is 0.0417. The molecule has 1 saturated carbocycles. The van der Waals surface area contributed by atoms with Gasteiger partial charge in [-0.2, -0.15) is 0 Å². The van der Waals surface area contributed by atoms with Crippen molar-refractivity contribution in [3.63, 3.8) is 0 Å². The fourth-order valence-corrected chi connectivity index (χ4v) is 6.12. The van der Waals surface area contributed by atoms with Crippen LogP contribution in [0.1, 0.15) is 65.5 Å². The Hall–Kier alpha value is -3.12. The van der Waals surface area contributed by atoms with Gasteiger partial charge >= 0.3 is 0 Å². The molecular formula is C29H35N3O3. The molecule has 0 saturated heterocycles. The van der Waals surface area contributed by atoms with Crippen LogP contribution < -0.4 is 0 Å². The number of ether oxygens (including phenoxy) is 1. The highest BCUT2D eigenvalue weighted by atomic mass is 16.5. The quantitative estimate of drug-likeness (QED) is 0.512. The molecule has 1 aliphatic heterocycles. The second-order valence-electron chi connectivity index (χ2n) is 9.95. The summed E-state index contributed by atoms with van der Waals surface area (Å²) in [6.45, 7) is 0.836. The molecule has 2 amide bonds. The van der Waals surface area contributed by atoms with Crippen LogP contribution in [-0.2, 0) is 16.6 Å². The van der Waals surface area contributed by atoms with Gasteiger partial charge in [0.05, 0.1) is 18.6 Å². The number of aromatic nitrogens is 1. The molecule has 3 aromatic rings. The maximum absolute atomic E-state index is 14.4. The first-order valence-corrected chi connectivity index (χ1v) is 12.7. The molecule has 0 bridgehead atoms. The van der Waals surface area contributed by atoms with E-state index >= 15 is 0 Å². The summed E-state index contributed by atoms with van der Waals surface area (Å²) in [6.07, 6.45) is 7.74. The van der Waals surface area contributed by atoms with Gasteiger partial charge in [0.2, 0.25) is 5.91 Å². The topological polar surface area (TPSA) is 54.8 Å². The molecule has 6 heteroatoms. The molecule has 0 N–H and O–H groups in total. The van der Waals surface area contributed by atoms with Gasteiger partial charge < -0.3 is 19.1 Å². The third-order valence-electron chi connectivity index (χ3n) is 7.96. The Morgan fingerprint density at radius 3 is 2.51 bits per heavy atom. The van der Waals surface area contributed by atoms with Crippen LogP contribution >= 0.6 is 0 Å². The second kappa shape index (κ2) is 9.86. The highest BCUT2D eigenvalue weighted by Crippen LogP contribution is 2.46. The number of hydrogen-bond donors (Lipinski definition) is 0. The van der Waals surface area contributed by atoms with Crippen LogP contribution in [0.4, 0.5) is 0 Å². The maximum atomic E-state index is 14.4. The lowest BCUT2D eigenvalue weighted by atomic mass is 9.78. The first-order valence-electron chi connectivity index (χ1n) is 12.7. The van der Waals surface area contributed by atoms with Gasteiger partial charge in [-0.3, -0.25) is 9.59 Å². The first kappa shape index (κ1) is 23.6. The van der Waals surface area contributed by atoms with E-state index < -0.39 is 12.0 Å². The predicted octanol–water partition coefficient (Wildman–Crippen LogP) is 4.90. The van der Waals surface area contributed by atoms with Crippen molar-refractivity contribution in [1.82, 2.24) is 14.4 Å². The van der Waals surface area contributed by atoms with Crippen molar-refractivity contribution in [3.05, 3.63) is 71.4 Å². The normalized spacial score (nSPS) is 20.8. The summed E-state index contributed by atoms with van der Waals surface area (Å²) in [5.41, 5.74) is 3.55. The molecule has 2 aromatic carbocycles. The van der Waals surface area contributed by atoms with E-state index in [1.54, 1.807) is 7.11 Å². The number of amides is 2. The lowest BCUT2D eigenvalue weighted by molar-refractivity contribution is -0.136. The molecule has 0 radical (unpaired) electrons. The van der Waals surface area contributed by atoms with E-state index in [1.807, 2.05) is 60.3 Å². The fraction of sp³-hybridized carbons (Fsp3) is 0.448. The Kier molecular flexibility index (Phi) is 6.65. The summed E-state index contributed by atoms with van der Waals surface area (Å²) in [5, 5.41) is 1.08. The van der Waals surface area contributed by atoms with Crippen LogP contribution in [-0.4, -0.2) is 59.5 Å². The minimum atomic E-state index is -0.474. The van der Waals surface area contributed by atoms with Crippen molar-refractivity contribution < 1.29 is 14.3 Å². The van der Waals surface area contributed by atoms with Crippen molar-refractivity contribution in [3.8, 4) is 0 Å². The van der Waals surface area contributed by atoms with Crippen molar-refractivity contribution in [2.75, 3.05) is 27.3 Å². The van der Waals surface area contributed by atoms with Gasteiger partial charge in [0.15, 0.2) is 0 Å². The van der Waals surface area contributed by atoms with E-state index in [0.717, 1.165) is 47.7 Å². The molecular weight excluding hydrogens is 438 g/mol. The van der Waals surface area contributed by atoms with Crippen LogP contribution in [0.15, 0.2) is 54.7 Å². The molecule has 2 heterocycles. The van der Waals surface area contributed by atoms with Crippen molar-refractivity contribution >= 4 is 22.7 Å². The number of methoxy groups -OCH3 is 1. The Morgan fingerprint density at radius 1 is 1.03 bits per heavy atom. The van der Waals surface area contributed by atoms with Crippen molar-refractivity contribution in [2.24, 2.45) is 7.05 Å². The number of nitrogens with zero attached hydrogens (tertiary/aromatic N) is 3. The lowest BCUT2D eigenvalue weighted by Crippen LogP contribution is -2.50.